The summed E-state index contributed by atoms with van der Waals surface area (Å²) in [4.78, 5) is 31.2. The van der Waals surface area contributed by atoms with Crippen molar-refractivity contribution in [1.82, 2.24) is 14.7 Å². The van der Waals surface area contributed by atoms with Gasteiger partial charge in [0, 0.05) is 39.1 Å². The molecule has 158 valence electrons. The number of likely N-dealkylation sites (tertiary alicyclic amines) is 2. The Morgan fingerprint density at radius 1 is 1.21 bits per heavy atom. The molecule has 2 saturated heterocycles. The van der Waals surface area contributed by atoms with Crippen molar-refractivity contribution in [3.8, 4) is 0 Å². The minimum Gasteiger partial charge on any atom is -0.345 e. The molecule has 2 heterocycles. The summed E-state index contributed by atoms with van der Waals surface area (Å²) < 4.78 is 13.3. The minimum absolute atomic E-state index is 0.134. The van der Waals surface area contributed by atoms with Crippen LogP contribution in [0.3, 0.4) is 0 Å². The van der Waals surface area contributed by atoms with Crippen molar-refractivity contribution in [3.05, 3.63) is 35.6 Å². The lowest BCUT2D eigenvalue weighted by Crippen LogP contribution is -2.42. The quantitative estimate of drug-likeness (QED) is 0.705. The second-order valence-corrected chi connectivity index (χ2v) is 9.06. The summed E-state index contributed by atoms with van der Waals surface area (Å²) in [7, 11) is 1.89. The highest BCUT2D eigenvalue weighted by atomic mass is 19.1. The van der Waals surface area contributed by atoms with Gasteiger partial charge in [0.25, 0.3) is 0 Å². The Kier molecular flexibility index (Phi) is 6.18. The van der Waals surface area contributed by atoms with Crippen LogP contribution in [-0.2, 0) is 16.0 Å². The number of nitrogens with zero attached hydrogens (tertiary/aromatic N) is 3. The Labute approximate surface area is 172 Å². The molecule has 3 fully saturated rings. The van der Waals surface area contributed by atoms with Crippen LogP contribution in [0.1, 0.15) is 37.7 Å². The van der Waals surface area contributed by atoms with Gasteiger partial charge in [-0.15, -0.1) is 0 Å². The third-order valence-electron chi connectivity index (χ3n) is 6.72. The molecule has 0 N–H and O–H groups in total. The van der Waals surface area contributed by atoms with Crippen LogP contribution in [0.5, 0.6) is 0 Å². The second-order valence-electron chi connectivity index (χ2n) is 9.06. The Bertz CT molecular complexity index is 743. The molecule has 29 heavy (non-hydrogen) atoms. The molecule has 0 aromatic heterocycles. The van der Waals surface area contributed by atoms with Gasteiger partial charge in [-0.2, -0.15) is 0 Å². The molecule has 2 aliphatic heterocycles. The van der Waals surface area contributed by atoms with Gasteiger partial charge >= 0.3 is 0 Å². The Balaban J connectivity index is 1.18. The van der Waals surface area contributed by atoms with Crippen LogP contribution in [0, 0.1) is 17.7 Å². The molecule has 1 aromatic carbocycles. The number of hydrogen-bond acceptors (Lipinski definition) is 3. The Hall–Kier alpha value is -1.95. The van der Waals surface area contributed by atoms with Gasteiger partial charge in [0.1, 0.15) is 5.82 Å². The van der Waals surface area contributed by atoms with E-state index in [4.69, 9.17) is 0 Å². The zero-order valence-corrected chi connectivity index (χ0v) is 17.4. The highest BCUT2D eigenvalue weighted by Gasteiger charge is 2.42. The van der Waals surface area contributed by atoms with Crippen LogP contribution in [0.15, 0.2) is 24.3 Å². The summed E-state index contributed by atoms with van der Waals surface area (Å²) in [5, 5.41) is 0. The number of carbonyl (C=O) groups excluding carboxylic acids is 2. The zero-order valence-electron chi connectivity index (χ0n) is 17.4. The van der Waals surface area contributed by atoms with E-state index in [9.17, 15) is 14.0 Å². The van der Waals surface area contributed by atoms with Gasteiger partial charge < -0.3 is 14.7 Å². The summed E-state index contributed by atoms with van der Waals surface area (Å²) in [6, 6.07) is 7.26. The molecular formula is C23H32FN3O2. The average Bonchev–Trinajstić information content (AvgIpc) is 3.48. The number of amides is 2. The van der Waals surface area contributed by atoms with Crippen LogP contribution in [-0.4, -0.2) is 72.3 Å². The van der Waals surface area contributed by atoms with Gasteiger partial charge in [0.2, 0.25) is 11.8 Å². The third kappa shape index (κ3) is 5.16. The summed E-state index contributed by atoms with van der Waals surface area (Å²) >= 11 is 0. The van der Waals surface area contributed by atoms with Crippen LogP contribution < -0.4 is 0 Å². The molecule has 1 aromatic rings. The first-order valence-corrected chi connectivity index (χ1v) is 11.0. The van der Waals surface area contributed by atoms with E-state index in [1.54, 1.807) is 12.1 Å². The first-order valence-electron chi connectivity index (χ1n) is 11.0. The zero-order chi connectivity index (χ0) is 20.4. The van der Waals surface area contributed by atoms with E-state index in [-0.39, 0.29) is 23.5 Å². The predicted octanol–water partition coefficient (Wildman–Crippen LogP) is 2.55. The predicted molar refractivity (Wildman–Crippen MR) is 110 cm³/mol. The maximum Gasteiger partial charge on any atom is 0.227 e. The summed E-state index contributed by atoms with van der Waals surface area (Å²) in [6.07, 6.45) is 5.61. The largest absolute Gasteiger partial charge is 0.345 e. The monoisotopic (exact) mass is 401 g/mol. The molecule has 6 heteroatoms. The van der Waals surface area contributed by atoms with Gasteiger partial charge in [-0.25, -0.2) is 4.39 Å². The van der Waals surface area contributed by atoms with Crippen molar-refractivity contribution in [2.45, 2.75) is 44.6 Å². The van der Waals surface area contributed by atoms with E-state index in [1.807, 2.05) is 22.9 Å². The fraction of sp³-hybridized carbons (Fsp3) is 0.652. The van der Waals surface area contributed by atoms with E-state index in [2.05, 4.69) is 4.90 Å². The van der Waals surface area contributed by atoms with Gasteiger partial charge in [-0.05, 0) is 68.8 Å². The van der Waals surface area contributed by atoms with Crippen molar-refractivity contribution in [1.29, 1.82) is 0 Å². The number of rotatable bonds is 7. The molecule has 0 bridgehead atoms. The van der Waals surface area contributed by atoms with Gasteiger partial charge in [0.05, 0.1) is 5.92 Å². The molecule has 5 nitrogen and oxygen atoms in total. The van der Waals surface area contributed by atoms with Crippen molar-refractivity contribution >= 4 is 11.8 Å². The van der Waals surface area contributed by atoms with Gasteiger partial charge in [-0.1, -0.05) is 12.1 Å². The van der Waals surface area contributed by atoms with E-state index < -0.39 is 0 Å². The summed E-state index contributed by atoms with van der Waals surface area (Å²) in [5.41, 5.74) is 1.05. The SMILES string of the molecule is CN(CC1CCN(CCc2cccc(F)c2)CC1)C(=O)C1CC(=O)N(C2CC2)C1. The summed E-state index contributed by atoms with van der Waals surface area (Å²) in [6.45, 7) is 4.40. The van der Waals surface area contributed by atoms with Crippen LogP contribution in [0.2, 0.25) is 0 Å². The number of hydrogen-bond donors (Lipinski definition) is 0. The van der Waals surface area contributed by atoms with Crippen molar-refractivity contribution in [2.24, 2.45) is 11.8 Å². The molecule has 3 aliphatic rings. The van der Waals surface area contributed by atoms with Gasteiger partial charge in [0.15, 0.2) is 0 Å². The standard InChI is InChI=1S/C23H32FN3O2/c1-25(23(29)19-14-22(28)27(16-19)21-5-6-21)15-18-8-11-26(12-9-18)10-7-17-3-2-4-20(24)13-17/h2-4,13,18-19,21H,5-12,14-16H2,1H3. The number of piperidine rings is 1. The Morgan fingerprint density at radius 3 is 2.66 bits per heavy atom. The maximum absolute atomic E-state index is 13.3. The smallest absolute Gasteiger partial charge is 0.227 e. The highest BCUT2D eigenvalue weighted by Crippen LogP contribution is 2.33. The normalized spacial score (nSPS) is 23.6. The molecule has 2 amide bonds. The first kappa shape index (κ1) is 20.3. The first-order chi connectivity index (χ1) is 14.0. The Morgan fingerprint density at radius 2 is 1.97 bits per heavy atom. The van der Waals surface area contributed by atoms with Gasteiger partial charge in [-0.3, -0.25) is 9.59 Å². The summed E-state index contributed by atoms with van der Waals surface area (Å²) in [5.74, 6) is 0.490. The third-order valence-corrected chi connectivity index (χ3v) is 6.72. The van der Waals surface area contributed by atoms with Crippen LogP contribution in [0.25, 0.3) is 0 Å². The molecule has 1 unspecified atom stereocenters. The van der Waals surface area contributed by atoms with E-state index >= 15 is 0 Å². The van der Waals surface area contributed by atoms with Crippen molar-refractivity contribution in [3.63, 3.8) is 0 Å². The fourth-order valence-corrected chi connectivity index (χ4v) is 4.80. The highest BCUT2D eigenvalue weighted by molar-refractivity contribution is 5.89. The fourth-order valence-electron chi connectivity index (χ4n) is 4.80. The second kappa shape index (κ2) is 8.82. The molecule has 4 rings (SSSR count). The van der Waals surface area contributed by atoms with E-state index in [0.717, 1.165) is 63.8 Å². The molecular weight excluding hydrogens is 369 g/mol. The molecule has 1 atom stereocenters. The van der Waals surface area contributed by atoms with Crippen LogP contribution >= 0.6 is 0 Å². The van der Waals surface area contributed by atoms with E-state index in [1.165, 1.54) is 6.07 Å². The number of carbonyl (C=O) groups is 2. The van der Waals surface area contributed by atoms with Crippen molar-refractivity contribution in [2.75, 3.05) is 39.8 Å². The number of benzene rings is 1. The molecule has 0 spiro atoms. The molecule has 0 radical (unpaired) electrons. The average molecular weight is 402 g/mol. The van der Waals surface area contributed by atoms with E-state index in [0.29, 0.717) is 24.9 Å². The lowest BCUT2D eigenvalue weighted by molar-refractivity contribution is -0.135. The van der Waals surface area contributed by atoms with Crippen molar-refractivity contribution < 1.29 is 14.0 Å². The topological polar surface area (TPSA) is 43.9 Å². The molecule has 1 saturated carbocycles. The minimum atomic E-state index is -0.168. The number of halogens is 1. The molecule has 1 aliphatic carbocycles. The lowest BCUT2D eigenvalue weighted by atomic mass is 9.95. The maximum atomic E-state index is 13.3. The van der Waals surface area contributed by atoms with Crippen LogP contribution in [0.4, 0.5) is 4.39 Å². The lowest BCUT2D eigenvalue weighted by Gasteiger charge is -2.34.